The van der Waals surface area contributed by atoms with Crippen LogP contribution in [0.2, 0.25) is 5.02 Å². The first kappa shape index (κ1) is 22.9. The van der Waals surface area contributed by atoms with Crippen LogP contribution in [0, 0.1) is 18.6 Å². The molecular formula is C23H20ClF2N3O4. The monoisotopic (exact) mass is 475 g/mol. The van der Waals surface area contributed by atoms with Crippen molar-refractivity contribution >= 4 is 17.5 Å². The maximum absolute atomic E-state index is 13.8. The van der Waals surface area contributed by atoms with Crippen molar-refractivity contribution in [1.82, 2.24) is 14.5 Å². The molecule has 2 heterocycles. The highest BCUT2D eigenvalue weighted by Gasteiger charge is 2.26. The summed E-state index contributed by atoms with van der Waals surface area (Å²) < 4.78 is 33.4. The number of carbonyl (C=O) groups is 1. The number of aliphatic hydroxyl groups excluding tert-OH is 1. The molecular weight excluding hydrogens is 456 g/mol. The number of nitrogens with zero attached hydrogens (tertiary/aromatic N) is 3. The number of aromatic nitrogens is 2. The maximum atomic E-state index is 13.8. The predicted molar refractivity (Wildman–Crippen MR) is 117 cm³/mol. The average molecular weight is 476 g/mol. The summed E-state index contributed by atoms with van der Waals surface area (Å²) in [5.74, 6) is -1.95. The van der Waals surface area contributed by atoms with Crippen molar-refractivity contribution in [2.24, 2.45) is 0 Å². The molecule has 0 saturated carbocycles. The SMILES string of the molecule is Cc1ccc(C(=O)N2CCC(O)C2)cc1-n1cnc(OCc2ccc(F)cc2F)c(Cl)c1=O. The third kappa shape index (κ3) is 4.74. The van der Waals surface area contributed by atoms with Crippen molar-refractivity contribution < 1.29 is 23.4 Å². The van der Waals surface area contributed by atoms with Crippen molar-refractivity contribution in [3.8, 4) is 11.6 Å². The van der Waals surface area contributed by atoms with Crippen LogP contribution in [0.1, 0.15) is 27.9 Å². The number of halogens is 3. The number of carbonyl (C=O) groups excluding carboxylic acids is 1. The summed E-state index contributed by atoms with van der Waals surface area (Å²) in [4.78, 5) is 31.3. The molecule has 7 nitrogen and oxygen atoms in total. The van der Waals surface area contributed by atoms with E-state index in [9.17, 15) is 23.5 Å². The standard InChI is InChI=1S/C23H20ClF2N3O4/c1-13-2-3-14(22(31)28-7-6-17(30)10-28)8-19(13)29-12-27-21(20(24)23(29)32)33-11-15-4-5-16(25)9-18(15)26/h2-5,8-9,12,17,30H,6-7,10-11H2,1H3. The fourth-order valence-corrected chi connectivity index (χ4v) is 3.78. The number of benzene rings is 2. The van der Waals surface area contributed by atoms with Gasteiger partial charge in [0.05, 0.1) is 11.8 Å². The van der Waals surface area contributed by atoms with Gasteiger partial charge >= 0.3 is 0 Å². The summed E-state index contributed by atoms with van der Waals surface area (Å²) in [6, 6.07) is 7.97. The van der Waals surface area contributed by atoms with E-state index in [1.807, 2.05) is 0 Å². The smallest absolute Gasteiger partial charge is 0.280 e. The summed E-state index contributed by atoms with van der Waals surface area (Å²) in [6.07, 6.45) is 1.19. The Morgan fingerprint density at radius 3 is 2.76 bits per heavy atom. The van der Waals surface area contributed by atoms with Crippen LogP contribution in [-0.4, -0.2) is 44.7 Å². The zero-order chi connectivity index (χ0) is 23.7. The fraction of sp³-hybridized carbons (Fsp3) is 0.261. The van der Waals surface area contributed by atoms with Crippen LogP contribution in [0.15, 0.2) is 47.5 Å². The third-order valence-electron chi connectivity index (χ3n) is 5.43. The lowest BCUT2D eigenvalue weighted by Crippen LogP contribution is -2.30. The van der Waals surface area contributed by atoms with Gasteiger partial charge in [0.15, 0.2) is 5.02 Å². The molecule has 1 aliphatic rings. The summed E-state index contributed by atoms with van der Waals surface area (Å²) in [6.45, 7) is 2.19. The minimum absolute atomic E-state index is 0.0764. The molecule has 1 fully saturated rings. The van der Waals surface area contributed by atoms with Crippen molar-refractivity contribution in [2.75, 3.05) is 13.1 Å². The van der Waals surface area contributed by atoms with Gasteiger partial charge in [-0.3, -0.25) is 14.2 Å². The number of ether oxygens (including phenoxy) is 1. The molecule has 0 spiro atoms. The number of aryl methyl sites for hydroxylation is 1. The Bertz CT molecular complexity index is 1280. The van der Waals surface area contributed by atoms with E-state index in [4.69, 9.17) is 16.3 Å². The zero-order valence-electron chi connectivity index (χ0n) is 17.6. The van der Waals surface area contributed by atoms with Crippen molar-refractivity contribution in [3.05, 3.63) is 86.4 Å². The van der Waals surface area contributed by atoms with Gasteiger partial charge in [0.1, 0.15) is 24.6 Å². The number of β-amino-alcohol motifs (C(OH)–C–C–N with tert-alkyl or cyclic N) is 1. The first-order chi connectivity index (χ1) is 15.7. The molecule has 4 rings (SSSR count). The Morgan fingerprint density at radius 2 is 2.06 bits per heavy atom. The number of amides is 1. The van der Waals surface area contributed by atoms with Crippen LogP contribution in [0.25, 0.3) is 5.69 Å². The van der Waals surface area contributed by atoms with E-state index in [2.05, 4.69) is 4.98 Å². The van der Waals surface area contributed by atoms with Crippen molar-refractivity contribution in [1.29, 1.82) is 0 Å². The normalized spacial score (nSPS) is 15.7. The van der Waals surface area contributed by atoms with Crippen LogP contribution in [0.3, 0.4) is 0 Å². The van der Waals surface area contributed by atoms with Gasteiger partial charge in [-0.15, -0.1) is 0 Å². The number of hydrogen-bond acceptors (Lipinski definition) is 5. The van der Waals surface area contributed by atoms with Crippen molar-refractivity contribution in [2.45, 2.75) is 26.1 Å². The highest BCUT2D eigenvalue weighted by molar-refractivity contribution is 6.31. The van der Waals surface area contributed by atoms with E-state index in [0.717, 1.165) is 12.1 Å². The topological polar surface area (TPSA) is 84.7 Å². The molecule has 1 aliphatic heterocycles. The second-order valence-electron chi connectivity index (χ2n) is 7.76. The number of hydrogen-bond donors (Lipinski definition) is 1. The Hall–Kier alpha value is -3.30. The summed E-state index contributed by atoms with van der Waals surface area (Å²) >= 11 is 6.18. The second kappa shape index (κ2) is 9.29. The van der Waals surface area contributed by atoms with Crippen LogP contribution in [0.4, 0.5) is 8.78 Å². The Labute approximate surface area is 192 Å². The molecule has 1 saturated heterocycles. The van der Waals surface area contributed by atoms with E-state index >= 15 is 0 Å². The second-order valence-corrected chi connectivity index (χ2v) is 8.14. The molecule has 3 aromatic rings. The molecule has 1 atom stereocenters. The van der Waals surface area contributed by atoms with E-state index in [1.165, 1.54) is 17.0 Å². The van der Waals surface area contributed by atoms with E-state index in [0.29, 0.717) is 29.8 Å². The Kier molecular flexibility index (Phi) is 6.44. The first-order valence-electron chi connectivity index (χ1n) is 10.2. The van der Waals surface area contributed by atoms with Gasteiger partial charge in [-0.2, -0.15) is 0 Å². The molecule has 1 amide bonds. The van der Waals surface area contributed by atoms with Crippen LogP contribution in [0.5, 0.6) is 5.88 Å². The average Bonchev–Trinajstić information content (AvgIpc) is 3.22. The van der Waals surface area contributed by atoms with E-state index in [1.54, 1.807) is 30.0 Å². The zero-order valence-corrected chi connectivity index (χ0v) is 18.4. The molecule has 33 heavy (non-hydrogen) atoms. The van der Waals surface area contributed by atoms with Gasteiger partial charge in [0, 0.05) is 30.3 Å². The molecule has 172 valence electrons. The number of likely N-dealkylation sites (tertiary alicyclic amines) is 1. The Balaban J connectivity index is 1.60. The molecule has 2 aromatic carbocycles. The summed E-state index contributed by atoms with van der Waals surface area (Å²) in [7, 11) is 0. The maximum Gasteiger partial charge on any atom is 0.280 e. The van der Waals surface area contributed by atoms with Crippen LogP contribution < -0.4 is 10.3 Å². The quantitative estimate of drug-likeness (QED) is 0.612. The number of rotatable bonds is 5. The highest BCUT2D eigenvalue weighted by Crippen LogP contribution is 2.23. The van der Waals surface area contributed by atoms with Gasteiger partial charge in [-0.1, -0.05) is 17.7 Å². The van der Waals surface area contributed by atoms with Gasteiger partial charge in [0.25, 0.3) is 11.5 Å². The molecule has 0 radical (unpaired) electrons. The minimum Gasteiger partial charge on any atom is -0.471 e. The third-order valence-corrected chi connectivity index (χ3v) is 5.75. The molecule has 1 unspecified atom stereocenters. The minimum atomic E-state index is -0.790. The van der Waals surface area contributed by atoms with Gasteiger partial charge in [0.2, 0.25) is 5.88 Å². The van der Waals surface area contributed by atoms with E-state index < -0.39 is 23.3 Å². The van der Waals surface area contributed by atoms with Crippen molar-refractivity contribution in [3.63, 3.8) is 0 Å². The van der Waals surface area contributed by atoms with Gasteiger partial charge in [-0.05, 0) is 43.2 Å². The molecule has 10 heteroatoms. The number of aliphatic hydroxyl groups is 1. The first-order valence-corrected chi connectivity index (χ1v) is 10.5. The lowest BCUT2D eigenvalue weighted by Gasteiger charge is -2.17. The lowest BCUT2D eigenvalue weighted by molar-refractivity contribution is 0.0765. The van der Waals surface area contributed by atoms with Crippen LogP contribution >= 0.6 is 11.6 Å². The molecule has 1 N–H and O–H groups in total. The Morgan fingerprint density at radius 1 is 1.27 bits per heavy atom. The summed E-state index contributed by atoms with van der Waals surface area (Å²) in [5, 5.41) is 9.38. The van der Waals surface area contributed by atoms with Crippen LogP contribution in [-0.2, 0) is 6.61 Å². The highest BCUT2D eigenvalue weighted by atomic mass is 35.5. The molecule has 1 aromatic heterocycles. The van der Waals surface area contributed by atoms with Gasteiger partial charge < -0.3 is 14.7 Å². The van der Waals surface area contributed by atoms with E-state index in [-0.39, 0.29) is 35.5 Å². The van der Waals surface area contributed by atoms with Gasteiger partial charge in [-0.25, -0.2) is 13.8 Å². The summed E-state index contributed by atoms with van der Waals surface area (Å²) in [5.41, 5.74) is 0.920. The largest absolute Gasteiger partial charge is 0.471 e. The molecule has 0 bridgehead atoms. The molecule has 0 aliphatic carbocycles. The lowest BCUT2D eigenvalue weighted by atomic mass is 10.1. The predicted octanol–water partition coefficient (Wildman–Crippen LogP) is 3.26. The fourth-order valence-electron chi connectivity index (χ4n) is 3.58.